The summed E-state index contributed by atoms with van der Waals surface area (Å²) in [5.41, 5.74) is -0.991. The van der Waals surface area contributed by atoms with Crippen LogP contribution in [0.3, 0.4) is 0 Å². The van der Waals surface area contributed by atoms with E-state index in [9.17, 15) is 27.1 Å². The molecule has 1 aromatic carbocycles. The number of thioether (sulfide) groups is 1. The van der Waals surface area contributed by atoms with E-state index in [4.69, 9.17) is 18.9 Å². The normalized spacial score (nSPS) is 29.2. The predicted molar refractivity (Wildman–Crippen MR) is 156 cm³/mol. The smallest absolute Gasteiger partial charge is 0.248 e. The van der Waals surface area contributed by atoms with Crippen LogP contribution in [0.25, 0.3) is 11.3 Å². The number of nitrogens with zero attached hydrogens (tertiary/aromatic N) is 4. The minimum absolute atomic E-state index is 0.0265. The third-order valence-corrected chi connectivity index (χ3v) is 10.5. The van der Waals surface area contributed by atoms with Gasteiger partial charge < -0.3 is 24.1 Å². The molecular weight excluding hydrogens is 635 g/mol. The predicted octanol–water partition coefficient (Wildman–Crippen LogP) is 5.91. The van der Waals surface area contributed by atoms with Crippen molar-refractivity contribution in [2.24, 2.45) is 0 Å². The van der Waals surface area contributed by atoms with Gasteiger partial charge in [-0.25, -0.2) is 26.6 Å². The van der Waals surface area contributed by atoms with Crippen LogP contribution >= 0.6 is 11.8 Å². The molecule has 15 heteroatoms. The lowest BCUT2D eigenvalue weighted by Gasteiger charge is -2.52. The number of alkyl halides is 2. The van der Waals surface area contributed by atoms with E-state index in [1.165, 1.54) is 29.8 Å². The summed E-state index contributed by atoms with van der Waals surface area (Å²) in [6, 6.07) is 4.52. The number of aromatic nitrogens is 4. The molecule has 3 aromatic rings. The van der Waals surface area contributed by atoms with Crippen LogP contribution in [0, 0.1) is 24.4 Å². The van der Waals surface area contributed by atoms with E-state index >= 15 is 0 Å². The minimum atomic E-state index is -2.87. The van der Waals surface area contributed by atoms with E-state index in [-0.39, 0.29) is 30.7 Å². The maximum absolute atomic E-state index is 14.3. The second-order valence-electron chi connectivity index (χ2n) is 12.5. The van der Waals surface area contributed by atoms with Gasteiger partial charge in [0.25, 0.3) is 0 Å². The summed E-state index contributed by atoms with van der Waals surface area (Å²) in [6.45, 7) is 5.46. The van der Waals surface area contributed by atoms with Crippen LogP contribution in [0.15, 0.2) is 36.7 Å². The first kappa shape index (κ1) is 33.2. The summed E-state index contributed by atoms with van der Waals surface area (Å²) in [5.74, 6) is -8.22. The molecule has 46 heavy (non-hydrogen) atoms. The lowest BCUT2D eigenvalue weighted by Crippen LogP contribution is -2.62. The molecule has 0 amide bonds. The SMILES string of the molecule is CO[C@@H]1[C@@H](n2cc(-c3cc(F)c(F)c(F)c3)nn2)[C@H]2OC(C)(C)OC[C@H]2O[C@H]1SC(c1ncccc1C)C1(O)CCC(F)(F)CC1. The van der Waals surface area contributed by atoms with Gasteiger partial charge in [0, 0.05) is 31.7 Å². The minimum Gasteiger partial charge on any atom is -0.388 e. The summed E-state index contributed by atoms with van der Waals surface area (Å²) in [5, 5.41) is 19.5. The number of hydrogen-bond acceptors (Lipinski definition) is 9. The van der Waals surface area contributed by atoms with Crippen LogP contribution in [-0.2, 0) is 18.9 Å². The summed E-state index contributed by atoms with van der Waals surface area (Å²) >= 11 is 1.22. The van der Waals surface area contributed by atoms with Gasteiger partial charge in [0.15, 0.2) is 23.2 Å². The third-order valence-electron chi connectivity index (χ3n) is 8.90. The Bertz CT molecular complexity index is 1540. The number of hydrogen-bond donors (Lipinski definition) is 1. The number of fused-ring (bicyclic) bond motifs is 1. The highest BCUT2D eigenvalue weighted by molar-refractivity contribution is 8.00. The first-order valence-electron chi connectivity index (χ1n) is 14.9. The van der Waals surface area contributed by atoms with Crippen LogP contribution < -0.4 is 0 Å². The Hall–Kier alpha value is -2.69. The lowest BCUT2D eigenvalue weighted by molar-refractivity contribution is -0.342. The molecule has 6 rings (SSSR count). The zero-order valence-corrected chi connectivity index (χ0v) is 26.4. The number of aliphatic hydroxyl groups is 1. The van der Waals surface area contributed by atoms with Crippen molar-refractivity contribution in [1.82, 2.24) is 20.0 Å². The standard InChI is InChI=1S/C31H35F5N4O5S/c1-16-6-5-11-37-23(16)27(30(41)7-9-31(35,36)10-8-30)46-28-26(42-4)24(25-21(44-28)15-43-29(2,3)45-25)40-14-20(38-39-40)17-12-18(32)22(34)19(33)13-17/h5-6,11-14,21,24-28,41H,7-10,15H2,1-4H3/t21-,24+,25+,26-,27?,28+/m1/s1. The molecule has 1 unspecified atom stereocenters. The van der Waals surface area contributed by atoms with E-state index in [0.717, 1.165) is 17.7 Å². The molecule has 6 atom stereocenters. The first-order chi connectivity index (χ1) is 21.7. The molecule has 9 nitrogen and oxygen atoms in total. The van der Waals surface area contributed by atoms with Gasteiger partial charge in [-0.1, -0.05) is 11.3 Å². The summed E-state index contributed by atoms with van der Waals surface area (Å²) < 4.78 is 96.6. The van der Waals surface area contributed by atoms with Crippen LogP contribution in [0.4, 0.5) is 22.0 Å². The topological polar surface area (TPSA) is 101 Å². The van der Waals surface area contributed by atoms with Gasteiger partial charge in [0.05, 0.1) is 29.3 Å². The van der Waals surface area contributed by atoms with Gasteiger partial charge >= 0.3 is 0 Å². The Kier molecular flexibility index (Phi) is 8.95. The number of aryl methyl sites for hydroxylation is 1. The molecule has 0 bridgehead atoms. The van der Waals surface area contributed by atoms with Gasteiger partial charge in [-0.05, 0) is 57.4 Å². The zero-order chi connectivity index (χ0) is 33.0. The number of benzene rings is 1. The van der Waals surface area contributed by atoms with Crippen LogP contribution in [0.5, 0.6) is 0 Å². The van der Waals surface area contributed by atoms with Gasteiger partial charge in [-0.15, -0.1) is 16.9 Å². The van der Waals surface area contributed by atoms with E-state index < -0.39 is 82.6 Å². The first-order valence-corrected chi connectivity index (χ1v) is 15.9. The number of rotatable bonds is 7. The van der Waals surface area contributed by atoms with Crippen LogP contribution in [-0.4, -0.2) is 79.9 Å². The molecule has 3 fully saturated rings. The van der Waals surface area contributed by atoms with E-state index in [1.54, 1.807) is 26.1 Å². The molecule has 1 N–H and O–H groups in total. The molecule has 2 saturated heterocycles. The number of ether oxygens (including phenoxy) is 4. The van der Waals surface area contributed by atoms with Gasteiger partial charge in [-0.3, -0.25) is 4.98 Å². The summed E-state index contributed by atoms with van der Waals surface area (Å²) in [4.78, 5) is 4.56. The zero-order valence-electron chi connectivity index (χ0n) is 25.6. The Morgan fingerprint density at radius 1 is 1.11 bits per heavy atom. The molecule has 0 radical (unpaired) electrons. The Labute approximate surface area is 266 Å². The maximum Gasteiger partial charge on any atom is 0.248 e. The van der Waals surface area contributed by atoms with Crippen molar-refractivity contribution in [3.8, 4) is 11.3 Å². The van der Waals surface area contributed by atoms with Crippen LogP contribution in [0.2, 0.25) is 0 Å². The average Bonchev–Trinajstić information content (AvgIpc) is 3.49. The molecule has 250 valence electrons. The number of halogens is 5. The average molecular weight is 671 g/mol. The third kappa shape index (κ3) is 6.41. The highest BCUT2D eigenvalue weighted by Crippen LogP contribution is 2.53. The fourth-order valence-corrected chi connectivity index (χ4v) is 8.17. The summed E-state index contributed by atoms with van der Waals surface area (Å²) in [6.07, 6.45) is -0.374. The number of methoxy groups -OCH3 is 1. The van der Waals surface area contributed by atoms with Crippen molar-refractivity contribution in [1.29, 1.82) is 0 Å². The van der Waals surface area contributed by atoms with Crippen molar-refractivity contribution in [3.63, 3.8) is 0 Å². The molecular formula is C31H35F5N4O5S. The van der Waals surface area contributed by atoms with Gasteiger partial charge in [-0.2, -0.15) is 0 Å². The van der Waals surface area contributed by atoms with Gasteiger partial charge in [0.2, 0.25) is 5.92 Å². The number of pyridine rings is 1. The molecule has 1 saturated carbocycles. The van der Waals surface area contributed by atoms with E-state index in [2.05, 4.69) is 15.3 Å². The van der Waals surface area contributed by atoms with E-state index in [0.29, 0.717) is 5.69 Å². The molecule has 1 aliphatic carbocycles. The lowest BCUT2D eigenvalue weighted by atomic mass is 9.79. The highest BCUT2D eigenvalue weighted by atomic mass is 32.2. The Morgan fingerprint density at radius 2 is 1.80 bits per heavy atom. The largest absolute Gasteiger partial charge is 0.388 e. The van der Waals surface area contributed by atoms with E-state index in [1.807, 2.05) is 13.0 Å². The Morgan fingerprint density at radius 3 is 2.46 bits per heavy atom. The van der Waals surface area contributed by atoms with Crippen molar-refractivity contribution >= 4 is 11.8 Å². The molecule has 3 aliphatic rings. The molecule has 0 spiro atoms. The summed E-state index contributed by atoms with van der Waals surface area (Å²) in [7, 11) is 1.47. The monoisotopic (exact) mass is 670 g/mol. The fraction of sp³-hybridized carbons (Fsp3) is 0.581. The molecule has 2 aliphatic heterocycles. The van der Waals surface area contributed by atoms with Crippen molar-refractivity contribution < 1.29 is 46.0 Å². The molecule has 2 aromatic heterocycles. The van der Waals surface area contributed by atoms with Crippen molar-refractivity contribution in [2.45, 2.75) is 98.8 Å². The van der Waals surface area contributed by atoms with Gasteiger partial charge in [0.1, 0.15) is 35.5 Å². The second kappa shape index (κ2) is 12.4. The van der Waals surface area contributed by atoms with Crippen molar-refractivity contribution in [3.05, 3.63) is 65.4 Å². The molecule has 4 heterocycles. The maximum atomic E-state index is 14.3. The second-order valence-corrected chi connectivity index (χ2v) is 13.8. The Balaban J connectivity index is 1.38. The fourth-order valence-electron chi connectivity index (χ4n) is 6.40. The highest BCUT2D eigenvalue weighted by Gasteiger charge is 2.56. The van der Waals surface area contributed by atoms with Crippen molar-refractivity contribution in [2.75, 3.05) is 13.7 Å². The van der Waals surface area contributed by atoms with Crippen LogP contribution in [0.1, 0.15) is 62.1 Å². The quantitative estimate of drug-likeness (QED) is 0.243.